The number of aryl methyl sites for hydroxylation is 1. The Balaban J connectivity index is 1.40. The fourth-order valence-corrected chi connectivity index (χ4v) is 4.43. The van der Waals surface area contributed by atoms with Crippen molar-refractivity contribution in [2.24, 2.45) is 0 Å². The van der Waals surface area contributed by atoms with Crippen molar-refractivity contribution >= 4 is 0 Å². The van der Waals surface area contributed by atoms with Gasteiger partial charge in [-0.15, -0.1) is 10.2 Å². The summed E-state index contributed by atoms with van der Waals surface area (Å²) in [4.78, 5) is 4.52. The third-order valence-corrected chi connectivity index (χ3v) is 6.57. The molecule has 0 aliphatic rings. The van der Waals surface area contributed by atoms with Crippen LogP contribution in [0.4, 0.5) is 0 Å². The number of rotatable bonds is 10. The van der Waals surface area contributed by atoms with Gasteiger partial charge in [0.2, 0.25) is 5.82 Å². The van der Waals surface area contributed by atoms with E-state index < -0.39 is 5.60 Å². The molecule has 0 saturated heterocycles. The van der Waals surface area contributed by atoms with Gasteiger partial charge in [-0.2, -0.15) is 5.21 Å². The number of nitrogens with zero attached hydrogens (tertiary/aromatic N) is 5. The zero-order chi connectivity index (χ0) is 27.4. The van der Waals surface area contributed by atoms with Crippen LogP contribution < -0.4 is 4.74 Å². The lowest BCUT2D eigenvalue weighted by Gasteiger charge is -2.13. The molecule has 5 aromatic rings. The van der Waals surface area contributed by atoms with E-state index in [1.54, 1.807) is 21.0 Å². The lowest BCUT2D eigenvalue weighted by molar-refractivity contribution is 0.0511. The zero-order valence-electron chi connectivity index (χ0n) is 22.5. The highest BCUT2D eigenvalue weighted by Gasteiger charge is 2.20. The summed E-state index contributed by atoms with van der Waals surface area (Å²) in [6, 6.07) is 22.8. The molecular formula is C30H32N6O3. The summed E-state index contributed by atoms with van der Waals surface area (Å²) in [6.07, 6.45) is 2.68. The first kappa shape index (κ1) is 26.3. The highest BCUT2D eigenvalue weighted by atomic mass is 16.7. The number of imidazole rings is 1. The van der Waals surface area contributed by atoms with Crippen molar-refractivity contribution in [2.45, 2.75) is 39.3 Å². The smallest absolute Gasteiger partial charge is 0.205 e. The number of aliphatic hydroxyl groups is 1. The van der Waals surface area contributed by atoms with Gasteiger partial charge in [-0.1, -0.05) is 54.6 Å². The number of ether oxygens (including phenoxy) is 2. The number of tetrazole rings is 1. The van der Waals surface area contributed by atoms with E-state index in [2.05, 4.69) is 78.7 Å². The molecule has 0 bridgehead atoms. The van der Waals surface area contributed by atoms with Crippen molar-refractivity contribution < 1.29 is 14.6 Å². The summed E-state index contributed by atoms with van der Waals surface area (Å²) in [5.41, 5.74) is 6.16. The first-order valence-corrected chi connectivity index (χ1v) is 12.7. The van der Waals surface area contributed by atoms with Crippen LogP contribution in [0.25, 0.3) is 22.5 Å². The lowest BCUT2D eigenvalue weighted by atomic mass is 9.94. The molecule has 9 heteroatoms. The molecule has 2 N–H and O–H groups in total. The number of aromatic amines is 1. The van der Waals surface area contributed by atoms with E-state index in [-0.39, 0.29) is 6.79 Å². The normalized spacial score (nSPS) is 11.6. The minimum absolute atomic E-state index is 0.225. The topological polar surface area (TPSA) is 111 Å². The van der Waals surface area contributed by atoms with Gasteiger partial charge < -0.3 is 19.1 Å². The van der Waals surface area contributed by atoms with Crippen LogP contribution >= 0.6 is 0 Å². The SMILES string of the molecule is COCOc1ccc(Cc2ccc(-c3nn[nH]n3)c(-c3ccc(Cn4cc(C(C)(C)O)nc4C)cc3)c2)cc1. The first-order valence-electron chi connectivity index (χ1n) is 12.7. The Morgan fingerprint density at radius 1 is 0.923 bits per heavy atom. The number of aromatic nitrogens is 6. The molecule has 39 heavy (non-hydrogen) atoms. The first-order chi connectivity index (χ1) is 18.8. The van der Waals surface area contributed by atoms with Crippen molar-refractivity contribution in [3.63, 3.8) is 0 Å². The van der Waals surface area contributed by atoms with Gasteiger partial charge in [0.25, 0.3) is 0 Å². The van der Waals surface area contributed by atoms with Crippen molar-refractivity contribution in [3.05, 3.63) is 101 Å². The fraction of sp³-hybridized carbons (Fsp3) is 0.267. The minimum Gasteiger partial charge on any atom is -0.468 e. The summed E-state index contributed by atoms with van der Waals surface area (Å²) in [5.74, 6) is 2.19. The molecule has 0 aliphatic carbocycles. The van der Waals surface area contributed by atoms with Gasteiger partial charge in [0.05, 0.1) is 5.69 Å². The van der Waals surface area contributed by atoms with Gasteiger partial charge in [0.1, 0.15) is 17.2 Å². The van der Waals surface area contributed by atoms with E-state index in [9.17, 15) is 5.11 Å². The minimum atomic E-state index is -0.976. The standard InChI is InChI=1S/C30H32N6O3/c1-20-31-28(30(2,3)37)18-36(20)17-22-5-10-24(11-6-22)27-16-23(9-14-26(27)29-32-34-35-33-29)15-21-7-12-25(13-8-21)39-19-38-4/h5-14,16,18,37H,15,17,19H2,1-4H3,(H,32,33,34,35). The average molecular weight is 525 g/mol. The summed E-state index contributed by atoms with van der Waals surface area (Å²) in [7, 11) is 1.60. The van der Waals surface area contributed by atoms with E-state index >= 15 is 0 Å². The number of nitrogens with one attached hydrogen (secondary N) is 1. The third-order valence-electron chi connectivity index (χ3n) is 6.57. The van der Waals surface area contributed by atoms with Crippen LogP contribution in [0.1, 0.15) is 42.1 Å². The molecule has 0 amide bonds. The van der Waals surface area contributed by atoms with Crippen LogP contribution in [-0.4, -0.2) is 49.2 Å². The largest absolute Gasteiger partial charge is 0.468 e. The van der Waals surface area contributed by atoms with Crippen molar-refractivity contribution in [2.75, 3.05) is 13.9 Å². The molecule has 0 atom stereocenters. The molecule has 0 fully saturated rings. The average Bonchev–Trinajstić information content (AvgIpc) is 3.59. The second-order valence-electron chi connectivity index (χ2n) is 10.0. The van der Waals surface area contributed by atoms with E-state index in [1.165, 1.54) is 11.1 Å². The Kier molecular flexibility index (Phi) is 7.53. The lowest BCUT2D eigenvalue weighted by Crippen LogP contribution is -2.15. The zero-order valence-corrected chi connectivity index (χ0v) is 22.5. The van der Waals surface area contributed by atoms with Crippen LogP contribution in [-0.2, 0) is 23.3 Å². The van der Waals surface area contributed by atoms with Crippen molar-refractivity contribution in [3.8, 4) is 28.3 Å². The van der Waals surface area contributed by atoms with Crippen molar-refractivity contribution in [1.82, 2.24) is 30.2 Å². The quantitative estimate of drug-likeness (QED) is 0.250. The van der Waals surface area contributed by atoms with Crippen LogP contribution in [0.15, 0.2) is 72.9 Å². The van der Waals surface area contributed by atoms with Gasteiger partial charge in [0.15, 0.2) is 6.79 Å². The molecule has 0 radical (unpaired) electrons. The summed E-state index contributed by atoms with van der Waals surface area (Å²) >= 11 is 0. The maximum absolute atomic E-state index is 10.3. The number of hydrogen-bond donors (Lipinski definition) is 2. The fourth-order valence-electron chi connectivity index (χ4n) is 4.43. The summed E-state index contributed by atoms with van der Waals surface area (Å²) < 4.78 is 12.5. The molecule has 9 nitrogen and oxygen atoms in total. The predicted molar refractivity (Wildman–Crippen MR) is 148 cm³/mol. The number of H-pyrrole nitrogens is 1. The monoisotopic (exact) mass is 524 g/mol. The van der Waals surface area contributed by atoms with Gasteiger partial charge in [0, 0.05) is 25.4 Å². The van der Waals surface area contributed by atoms with Gasteiger partial charge in [-0.3, -0.25) is 0 Å². The van der Waals surface area contributed by atoms with Crippen molar-refractivity contribution in [1.29, 1.82) is 0 Å². The molecule has 0 unspecified atom stereocenters. The Morgan fingerprint density at radius 2 is 1.64 bits per heavy atom. The molecular weight excluding hydrogens is 492 g/mol. The Morgan fingerprint density at radius 3 is 2.28 bits per heavy atom. The van der Waals surface area contributed by atoms with Crippen LogP contribution in [0.2, 0.25) is 0 Å². The summed E-state index contributed by atoms with van der Waals surface area (Å²) in [5, 5.41) is 25.1. The maximum atomic E-state index is 10.3. The molecule has 5 rings (SSSR count). The Bertz CT molecular complexity index is 1520. The third kappa shape index (κ3) is 6.22. The Labute approximate surface area is 227 Å². The molecule has 0 spiro atoms. The van der Waals surface area contributed by atoms with Gasteiger partial charge in [-0.05, 0) is 72.4 Å². The maximum Gasteiger partial charge on any atom is 0.205 e. The summed E-state index contributed by atoms with van der Waals surface area (Å²) in [6.45, 7) is 6.33. The predicted octanol–water partition coefficient (Wildman–Crippen LogP) is 4.89. The number of benzene rings is 3. The molecule has 0 saturated carbocycles. The van der Waals surface area contributed by atoms with E-state index in [0.717, 1.165) is 40.2 Å². The number of methoxy groups -OCH3 is 1. The van der Waals surface area contributed by atoms with Crippen LogP contribution in [0.5, 0.6) is 5.75 Å². The van der Waals surface area contributed by atoms with Crippen LogP contribution in [0, 0.1) is 6.92 Å². The van der Waals surface area contributed by atoms with E-state index in [1.807, 2.05) is 31.3 Å². The van der Waals surface area contributed by atoms with E-state index in [0.29, 0.717) is 18.1 Å². The highest BCUT2D eigenvalue weighted by Crippen LogP contribution is 2.32. The number of hydrogen-bond acceptors (Lipinski definition) is 7. The molecule has 0 aliphatic heterocycles. The molecule has 2 aromatic heterocycles. The molecule has 3 aromatic carbocycles. The van der Waals surface area contributed by atoms with Gasteiger partial charge >= 0.3 is 0 Å². The highest BCUT2D eigenvalue weighted by molar-refractivity contribution is 5.81. The second-order valence-corrected chi connectivity index (χ2v) is 10.0. The second kappa shape index (κ2) is 11.2. The molecule has 2 heterocycles. The van der Waals surface area contributed by atoms with Gasteiger partial charge in [-0.25, -0.2) is 4.98 Å². The Hall–Kier alpha value is -4.34. The molecule has 200 valence electrons. The van der Waals surface area contributed by atoms with E-state index in [4.69, 9.17) is 9.47 Å². The van der Waals surface area contributed by atoms with Crippen LogP contribution in [0.3, 0.4) is 0 Å².